The highest BCUT2D eigenvalue weighted by Crippen LogP contribution is 2.32. The first-order valence-electron chi connectivity index (χ1n) is 5.74. The maximum absolute atomic E-state index is 6.02. The molecule has 4 heteroatoms. The molecular weight excluding hydrogens is 302 g/mol. The van der Waals surface area contributed by atoms with Crippen molar-refractivity contribution < 1.29 is 4.74 Å². The number of hydrogen-bond donors (Lipinski definition) is 0. The number of rotatable bonds is 2. The smallest absolute Gasteiger partial charge is 0.0694 e. The molecule has 0 spiro atoms. The Kier molecular flexibility index (Phi) is 4.01. The molecule has 0 unspecified atom stereocenters. The van der Waals surface area contributed by atoms with Gasteiger partial charge in [0.25, 0.3) is 0 Å². The van der Waals surface area contributed by atoms with Gasteiger partial charge < -0.3 is 9.64 Å². The number of benzene rings is 1. The van der Waals surface area contributed by atoms with Gasteiger partial charge in [0.15, 0.2) is 0 Å². The fourth-order valence-corrected chi connectivity index (χ4v) is 2.78. The van der Waals surface area contributed by atoms with Crippen LogP contribution in [-0.4, -0.2) is 25.3 Å². The van der Waals surface area contributed by atoms with Crippen molar-refractivity contribution in [3.05, 3.63) is 28.2 Å². The average Bonchev–Trinajstić information content (AvgIpc) is 2.28. The summed E-state index contributed by atoms with van der Waals surface area (Å²) in [5, 5.41) is 0. The molecule has 0 atom stereocenters. The van der Waals surface area contributed by atoms with Crippen LogP contribution >= 0.6 is 27.5 Å². The largest absolute Gasteiger partial charge is 0.377 e. The summed E-state index contributed by atoms with van der Waals surface area (Å²) in [6, 6.07) is 6.26. The van der Waals surface area contributed by atoms with Crippen LogP contribution in [0.2, 0.25) is 0 Å². The molecule has 0 saturated carbocycles. The second kappa shape index (κ2) is 5.17. The van der Waals surface area contributed by atoms with Gasteiger partial charge in [0.1, 0.15) is 0 Å². The van der Waals surface area contributed by atoms with Gasteiger partial charge in [-0.15, -0.1) is 11.6 Å². The van der Waals surface area contributed by atoms with Crippen LogP contribution in [0.3, 0.4) is 0 Å². The van der Waals surface area contributed by atoms with Gasteiger partial charge in [0.2, 0.25) is 0 Å². The Bertz CT molecular complexity index is 408. The van der Waals surface area contributed by atoms with E-state index in [1.54, 1.807) is 0 Å². The van der Waals surface area contributed by atoms with Crippen LogP contribution in [0.25, 0.3) is 0 Å². The summed E-state index contributed by atoms with van der Waals surface area (Å²) in [7, 11) is 0. The predicted octanol–water partition coefficient (Wildman–Crippen LogP) is 3.80. The first-order valence-corrected chi connectivity index (χ1v) is 7.07. The monoisotopic (exact) mass is 317 g/mol. The average molecular weight is 319 g/mol. The minimum absolute atomic E-state index is 0.0137. The molecule has 1 aromatic carbocycles. The normalized spacial score (nSPS) is 19.4. The van der Waals surface area contributed by atoms with Gasteiger partial charge in [-0.1, -0.05) is 22.0 Å². The quantitative estimate of drug-likeness (QED) is 0.769. The Balaban J connectivity index is 2.40. The van der Waals surface area contributed by atoms with Gasteiger partial charge in [-0.2, -0.15) is 0 Å². The molecule has 1 heterocycles. The fraction of sp³-hybridized carbons (Fsp3) is 0.538. The second-order valence-corrected chi connectivity index (χ2v) is 6.11. The van der Waals surface area contributed by atoms with Gasteiger partial charge in [-0.05, 0) is 31.5 Å². The van der Waals surface area contributed by atoms with Crippen molar-refractivity contribution in [2.75, 3.05) is 24.7 Å². The number of anilines is 1. The summed E-state index contributed by atoms with van der Waals surface area (Å²) >= 11 is 9.55. The lowest BCUT2D eigenvalue weighted by atomic mass is 10.00. The van der Waals surface area contributed by atoms with E-state index in [9.17, 15) is 0 Å². The first-order chi connectivity index (χ1) is 8.04. The number of ether oxygens (including phenoxy) is 1. The molecule has 1 aliphatic heterocycles. The minimum atomic E-state index is 0.0137. The Morgan fingerprint density at radius 2 is 2.24 bits per heavy atom. The van der Waals surface area contributed by atoms with Crippen molar-refractivity contribution in [2.24, 2.45) is 0 Å². The zero-order valence-electron chi connectivity index (χ0n) is 10.2. The highest BCUT2D eigenvalue weighted by atomic mass is 79.9. The van der Waals surface area contributed by atoms with Crippen molar-refractivity contribution in [1.82, 2.24) is 0 Å². The standard InChI is InChI=1S/C13H17BrClNO/c1-13(2)9-17-6-5-16(13)12-7-11(14)4-3-10(12)8-15/h3-4,7H,5-6,8-9H2,1-2H3. The van der Waals surface area contributed by atoms with Gasteiger partial charge in [0, 0.05) is 22.6 Å². The Labute approximate surface area is 116 Å². The van der Waals surface area contributed by atoms with E-state index in [-0.39, 0.29) is 5.54 Å². The van der Waals surface area contributed by atoms with Crippen LogP contribution in [0, 0.1) is 0 Å². The Morgan fingerprint density at radius 3 is 2.88 bits per heavy atom. The van der Waals surface area contributed by atoms with E-state index in [4.69, 9.17) is 16.3 Å². The van der Waals surface area contributed by atoms with Crippen molar-refractivity contribution in [1.29, 1.82) is 0 Å². The number of morpholine rings is 1. The molecule has 0 radical (unpaired) electrons. The number of nitrogens with zero attached hydrogens (tertiary/aromatic N) is 1. The van der Waals surface area contributed by atoms with Crippen LogP contribution in [0.5, 0.6) is 0 Å². The van der Waals surface area contributed by atoms with E-state index >= 15 is 0 Å². The van der Waals surface area contributed by atoms with E-state index in [1.807, 2.05) is 6.07 Å². The Hall–Kier alpha value is -0.250. The summed E-state index contributed by atoms with van der Waals surface area (Å²) in [6.07, 6.45) is 0. The predicted molar refractivity (Wildman–Crippen MR) is 75.9 cm³/mol. The zero-order valence-corrected chi connectivity index (χ0v) is 12.5. The molecule has 2 nitrogen and oxygen atoms in total. The zero-order chi connectivity index (χ0) is 12.5. The number of alkyl halides is 1. The van der Waals surface area contributed by atoms with Crippen LogP contribution in [0.4, 0.5) is 5.69 Å². The van der Waals surface area contributed by atoms with Crippen molar-refractivity contribution in [3.63, 3.8) is 0 Å². The van der Waals surface area contributed by atoms with Gasteiger partial charge in [-0.3, -0.25) is 0 Å². The van der Waals surface area contributed by atoms with Crippen molar-refractivity contribution in [2.45, 2.75) is 25.3 Å². The third-order valence-corrected chi connectivity index (χ3v) is 3.91. The lowest BCUT2D eigenvalue weighted by molar-refractivity contribution is 0.0643. The summed E-state index contributed by atoms with van der Waals surface area (Å²) in [5.41, 5.74) is 2.40. The van der Waals surface area contributed by atoms with E-state index in [0.29, 0.717) is 5.88 Å². The topological polar surface area (TPSA) is 12.5 Å². The van der Waals surface area contributed by atoms with Crippen LogP contribution in [-0.2, 0) is 10.6 Å². The van der Waals surface area contributed by atoms with Crippen molar-refractivity contribution >= 4 is 33.2 Å². The molecule has 1 aromatic rings. The first kappa shape index (κ1) is 13.2. The molecule has 94 valence electrons. The molecule has 0 bridgehead atoms. The van der Waals surface area contributed by atoms with E-state index in [2.05, 4.69) is 46.8 Å². The van der Waals surface area contributed by atoms with E-state index in [0.717, 1.165) is 24.2 Å². The van der Waals surface area contributed by atoms with Gasteiger partial charge >= 0.3 is 0 Å². The van der Waals surface area contributed by atoms with E-state index in [1.165, 1.54) is 11.3 Å². The molecule has 1 aliphatic rings. The van der Waals surface area contributed by atoms with Crippen molar-refractivity contribution in [3.8, 4) is 0 Å². The Morgan fingerprint density at radius 1 is 1.47 bits per heavy atom. The third kappa shape index (κ3) is 2.78. The second-order valence-electron chi connectivity index (χ2n) is 4.92. The highest BCUT2D eigenvalue weighted by molar-refractivity contribution is 9.10. The molecule has 0 aliphatic carbocycles. The van der Waals surface area contributed by atoms with Crippen LogP contribution in [0.15, 0.2) is 22.7 Å². The third-order valence-electron chi connectivity index (χ3n) is 3.13. The maximum Gasteiger partial charge on any atom is 0.0694 e. The molecular formula is C13H17BrClNO. The summed E-state index contributed by atoms with van der Waals surface area (Å²) in [4.78, 5) is 2.39. The molecule has 0 amide bonds. The maximum atomic E-state index is 6.02. The lowest BCUT2D eigenvalue weighted by Gasteiger charge is -2.44. The molecule has 0 aromatic heterocycles. The summed E-state index contributed by atoms with van der Waals surface area (Å²) in [5.74, 6) is 0.538. The summed E-state index contributed by atoms with van der Waals surface area (Å²) in [6.45, 7) is 6.84. The molecule has 17 heavy (non-hydrogen) atoms. The SMILES string of the molecule is CC1(C)COCCN1c1cc(Br)ccc1CCl. The number of hydrogen-bond acceptors (Lipinski definition) is 2. The minimum Gasteiger partial charge on any atom is -0.377 e. The molecule has 0 N–H and O–H groups in total. The fourth-order valence-electron chi connectivity index (χ4n) is 2.21. The van der Waals surface area contributed by atoms with Gasteiger partial charge in [-0.25, -0.2) is 0 Å². The molecule has 1 saturated heterocycles. The molecule has 2 rings (SSSR count). The highest BCUT2D eigenvalue weighted by Gasteiger charge is 2.31. The molecule has 1 fully saturated rings. The van der Waals surface area contributed by atoms with E-state index < -0.39 is 0 Å². The van der Waals surface area contributed by atoms with Gasteiger partial charge in [0.05, 0.1) is 18.8 Å². The number of halogens is 2. The summed E-state index contributed by atoms with van der Waals surface area (Å²) < 4.78 is 6.64. The van der Waals surface area contributed by atoms with Crippen LogP contribution in [0.1, 0.15) is 19.4 Å². The van der Waals surface area contributed by atoms with Crippen LogP contribution < -0.4 is 4.90 Å². The lowest BCUT2D eigenvalue weighted by Crippen LogP contribution is -2.53.